The number of aliphatic hydroxyl groups is 1. The largest absolute Gasteiger partial charge is 0.389 e. The van der Waals surface area contributed by atoms with Gasteiger partial charge >= 0.3 is 0 Å². The first-order valence-electron chi connectivity index (χ1n) is 8.58. The lowest BCUT2D eigenvalue weighted by molar-refractivity contribution is -0.0248. The van der Waals surface area contributed by atoms with Crippen LogP contribution in [0.2, 0.25) is 0 Å². The molecule has 0 saturated carbocycles. The fourth-order valence-corrected chi connectivity index (χ4v) is 3.99. The van der Waals surface area contributed by atoms with E-state index in [1.165, 1.54) is 0 Å². The predicted molar refractivity (Wildman–Crippen MR) is 97.6 cm³/mol. The molecule has 3 aromatic rings. The van der Waals surface area contributed by atoms with Crippen LogP contribution in [-0.4, -0.2) is 57.9 Å². The van der Waals surface area contributed by atoms with E-state index in [1.807, 2.05) is 61.1 Å². The lowest BCUT2D eigenvalue weighted by atomic mass is 9.77. The Morgan fingerprint density at radius 2 is 1.84 bits per heavy atom. The van der Waals surface area contributed by atoms with Gasteiger partial charge in [0.15, 0.2) is 5.65 Å². The molecule has 1 aromatic carbocycles. The minimum Gasteiger partial charge on any atom is -0.389 e. The SMILES string of the molecule is CN(C)[C@]1(c2ccccc2)CCN(c2nnc3ccccn23)C[C@H]1O. The number of nitrogens with zero attached hydrogens (tertiary/aromatic N) is 5. The highest BCUT2D eigenvalue weighted by atomic mass is 16.3. The van der Waals surface area contributed by atoms with Gasteiger partial charge in [0.25, 0.3) is 0 Å². The fraction of sp³-hybridized carbons (Fsp3) is 0.368. The third-order valence-electron chi connectivity index (χ3n) is 5.36. The quantitative estimate of drug-likeness (QED) is 0.789. The minimum absolute atomic E-state index is 0.391. The number of aromatic nitrogens is 3. The van der Waals surface area contributed by atoms with Crippen LogP contribution in [0.3, 0.4) is 0 Å². The fourth-order valence-electron chi connectivity index (χ4n) is 3.99. The molecular formula is C19H23N5O. The van der Waals surface area contributed by atoms with Gasteiger partial charge in [-0.05, 0) is 38.2 Å². The van der Waals surface area contributed by atoms with Crippen LogP contribution in [0.25, 0.3) is 5.65 Å². The van der Waals surface area contributed by atoms with E-state index in [0.29, 0.717) is 6.54 Å². The van der Waals surface area contributed by atoms with E-state index in [4.69, 9.17) is 0 Å². The van der Waals surface area contributed by atoms with Crippen molar-refractivity contribution in [3.8, 4) is 0 Å². The maximum Gasteiger partial charge on any atom is 0.231 e. The highest BCUT2D eigenvalue weighted by molar-refractivity contribution is 5.47. The predicted octanol–water partition coefficient (Wildman–Crippen LogP) is 1.76. The molecule has 1 saturated heterocycles. The number of piperidine rings is 1. The summed E-state index contributed by atoms with van der Waals surface area (Å²) in [5.74, 6) is 0.787. The van der Waals surface area contributed by atoms with Crippen LogP contribution in [0.4, 0.5) is 5.95 Å². The summed E-state index contributed by atoms with van der Waals surface area (Å²) in [5, 5.41) is 19.7. The topological polar surface area (TPSA) is 56.9 Å². The van der Waals surface area contributed by atoms with Crippen molar-refractivity contribution in [1.82, 2.24) is 19.5 Å². The normalized spacial score (nSPS) is 24.2. The Balaban J connectivity index is 1.67. The smallest absolute Gasteiger partial charge is 0.231 e. The Morgan fingerprint density at radius 3 is 2.56 bits per heavy atom. The molecule has 0 aliphatic carbocycles. The molecule has 1 aliphatic heterocycles. The first-order chi connectivity index (χ1) is 12.1. The molecule has 3 heterocycles. The van der Waals surface area contributed by atoms with Gasteiger partial charge < -0.3 is 10.0 Å². The van der Waals surface area contributed by atoms with Crippen LogP contribution < -0.4 is 4.90 Å². The summed E-state index contributed by atoms with van der Waals surface area (Å²) in [6.07, 6.45) is 2.24. The van der Waals surface area contributed by atoms with E-state index in [9.17, 15) is 5.11 Å². The van der Waals surface area contributed by atoms with Gasteiger partial charge in [-0.2, -0.15) is 0 Å². The van der Waals surface area contributed by atoms with Gasteiger partial charge in [-0.15, -0.1) is 10.2 Å². The summed E-state index contributed by atoms with van der Waals surface area (Å²) in [5.41, 5.74) is 1.58. The van der Waals surface area contributed by atoms with E-state index in [-0.39, 0.29) is 0 Å². The van der Waals surface area contributed by atoms with Gasteiger partial charge in [-0.1, -0.05) is 36.4 Å². The van der Waals surface area contributed by atoms with Gasteiger partial charge in [-0.25, -0.2) is 0 Å². The summed E-state index contributed by atoms with van der Waals surface area (Å²) in [4.78, 5) is 4.27. The highest BCUT2D eigenvalue weighted by Crippen LogP contribution is 2.38. The number of fused-ring (bicyclic) bond motifs is 1. The first-order valence-corrected chi connectivity index (χ1v) is 8.58. The van der Waals surface area contributed by atoms with Crippen molar-refractivity contribution >= 4 is 11.6 Å². The number of hydrogen-bond acceptors (Lipinski definition) is 5. The van der Waals surface area contributed by atoms with E-state index >= 15 is 0 Å². The summed E-state index contributed by atoms with van der Waals surface area (Å²) < 4.78 is 1.97. The average molecular weight is 337 g/mol. The van der Waals surface area contributed by atoms with Crippen molar-refractivity contribution in [3.63, 3.8) is 0 Å². The van der Waals surface area contributed by atoms with Crippen molar-refractivity contribution in [2.75, 3.05) is 32.1 Å². The Morgan fingerprint density at radius 1 is 1.08 bits per heavy atom. The molecule has 25 heavy (non-hydrogen) atoms. The molecule has 1 fully saturated rings. The molecule has 4 rings (SSSR count). The number of β-amino-alcohol motifs (C(OH)–C–C–N with tert-alkyl or cyclic N) is 1. The maximum absolute atomic E-state index is 11.1. The zero-order valence-corrected chi connectivity index (χ0v) is 14.6. The second-order valence-electron chi connectivity index (χ2n) is 6.83. The second-order valence-corrected chi connectivity index (χ2v) is 6.83. The van der Waals surface area contributed by atoms with Crippen LogP contribution in [0.1, 0.15) is 12.0 Å². The molecule has 130 valence electrons. The van der Waals surface area contributed by atoms with Crippen molar-refractivity contribution in [1.29, 1.82) is 0 Å². The summed E-state index contributed by atoms with van der Waals surface area (Å²) >= 11 is 0. The maximum atomic E-state index is 11.1. The van der Waals surface area contributed by atoms with Crippen molar-refractivity contribution in [2.45, 2.75) is 18.1 Å². The number of aliphatic hydroxyl groups excluding tert-OH is 1. The minimum atomic E-state index is -0.533. The van der Waals surface area contributed by atoms with Crippen LogP contribution in [0, 0.1) is 0 Å². The van der Waals surface area contributed by atoms with Gasteiger partial charge in [0, 0.05) is 19.3 Å². The third kappa shape index (κ3) is 2.49. The lowest BCUT2D eigenvalue weighted by Gasteiger charge is -2.49. The molecule has 0 spiro atoms. The molecule has 2 aromatic heterocycles. The number of pyridine rings is 1. The Labute approximate surface area is 147 Å². The van der Waals surface area contributed by atoms with E-state index in [1.54, 1.807) is 0 Å². The molecular weight excluding hydrogens is 314 g/mol. The molecule has 6 nitrogen and oxygen atoms in total. The number of hydrogen-bond donors (Lipinski definition) is 1. The molecule has 6 heteroatoms. The molecule has 0 unspecified atom stereocenters. The van der Waals surface area contributed by atoms with E-state index in [2.05, 4.69) is 32.1 Å². The van der Waals surface area contributed by atoms with Crippen LogP contribution >= 0.6 is 0 Å². The number of benzene rings is 1. The third-order valence-corrected chi connectivity index (χ3v) is 5.36. The number of likely N-dealkylation sites (N-methyl/N-ethyl adjacent to an activating group) is 1. The number of anilines is 1. The Hall–Kier alpha value is -2.44. The van der Waals surface area contributed by atoms with Crippen molar-refractivity contribution in [3.05, 3.63) is 60.3 Å². The first kappa shape index (κ1) is 16.1. The lowest BCUT2D eigenvalue weighted by Crippen LogP contribution is -2.60. The van der Waals surface area contributed by atoms with Gasteiger partial charge in [0.2, 0.25) is 5.95 Å². The molecule has 1 N–H and O–H groups in total. The van der Waals surface area contributed by atoms with Crippen LogP contribution in [0.15, 0.2) is 54.7 Å². The zero-order valence-electron chi connectivity index (χ0n) is 14.6. The monoisotopic (exact) mass is 337 g/mol. The zero-order chi connectivity index (χ0) is 17.4. The van der Waals surface area contributed by atoms with E-state index < -0.39 is 11.6 Å². The molecule has 0 radical (unpaired) electrons. The van der Waals surface area contributed by atoms with Crippen LogP contribution in [-0.2, 0) is 5.54 Å². The highest BCUT2D eigenvalue weighted by Gasteiger charge is 2.46. The standard InChI is InChI=1S/C19H23N5O/c1-22(2)19(15-8-4-3-5-9-15)11-13-23(14-16(19)25)18-21-20-17-10-6-7-12-24(17)18/h3-10,12,16,25H,11,13-14H2,1-2H3/t16-,19+/m1/s1. The van der Waals surface area contributed by atoms with Gasteiger partial charge in [0.05, 0.1) is 11.6 Å². The van der Waals surface area contributed by atoms with E-state index in [0.717, 1.165) is 30.1 Å². The van der Waals surface area contributed by atoms with Gasteiger partial charge in [-0.3, -0.25) is 9.30 Å². The van der Waals surface area contributed by atoms with Gasteiger partial charge in [0.1, 0.15) is 0 Å². The molecule has 0 amide bonds. The van der Waals surface area contributed by atoms with Crippen molar-refractivity contribution < 1.29 is 5.11 Å². The van der Waals surface area contributed by atoms with Crippen LogP contribution in [0.5, 0.6) is 0 Å². The molecule has 2 atom stereocenters. The number of rotatable bonds is 3. The summed E-state index contributed by atoms with van der Waals surface area (Å²) in [6.45, 7) is 1.32. The molecule has 1 aliphatic rings. The summed E-state index contributed by atoms with van der Waals surface area (Å²) in [7, 11) is 4.08. The Kier molecular flexibility index (Phi) is 3.94. The second kappa shape index (κ2) is 6.13. The Bertz CT molecular complexity index is 862. The molecule has 0 bridgehead atoms. The average Bonchev–Trinajstić information content (AvgIpc) is 3.06. The van der Waals surface area contributed by atoms with Crippen molar-refractivity contribution in [2.24, 2.45) is 0 Å². The summed E-state index contributed by atoms with van der Waals surface area (Å²) in [6, 6.07) is 16.1.